The number of esters is 2. The standard InChI is InChI=1S/C10H19NO7S/c1-5-17-8(12)6-11-10(2,9(13)16-3)7-18-19(4,14)15/h11H,5-7H2,1-4H3. The molecule has 0 aliphatic carbocycles. The normalized spacial score (nSPS) is 14.5. The first kappa shape index (κ1) is 17.8. The molecular formula is C10H19NO7S. The molecule has 0 aromatic rings. The van der Waals surface area contributed by atoms with E-state index in [4.69, 9.17) is 0 Å². The van der Waals surface area contributed by atoms with E-state index in [1.54, 1.807) is 6.92 Å². The molecule has 0 aliphatic heterocycles. The van der Waals surface area contributed by atoms with Gasteiger partial charge in [-0.2, -0.15) is 8.42 Å². The van der Waals surface area contributed by atoms with E-state index >= 15 is 0 Å². The molecule has 1 unspecified atom stereocenters. The Kier molecular flexibility index (Phi) is 6.95. The Morgan fingerprint density at radius 1 is 1.32 bits per heavy atom. The minimum Gasteiger partial charge on any atom is -0.468 e. The second kappa shape index (κ2) is 7.41. The maximum Gasteiger partial charge on any atom is 0.328 e. The molecule has 0 fully saturated rings. The second-order valence-corrected chi connectivity index (χ2v) is 5.59. The molecule has 0 aromatic heterocycles. The van der Waals surface area contributed by atoms with Gasteiger partial charge in [-0.1, -0.05) is 0 Å². The lowest BCUT2D eigenvalue weighted by Gasteiger charge is -2.26. The molecular weight excluding hydrogens is 278 g/mol. The maximum absolute atomic E-state index is 11.6. The highest BCUT2D eigenvalue weighted by Gasteiger charge is 2.36. The molecule has 0 saturated carbocycles. The largest absolute Gasteiger partial charge is 0.468 e. The molecule has 1 N–H and O–H groups in total. The van der Waals surface area contributed by atoms with Gasteiger partial charge in [0.25, 0.3) is 10.1 Å². The Balaban J connectivity index is 4.69. The van der Waals surface area contributed by atoms with Crippen LogP contribution in [0.2, 0.25) is 0 Å². The van der Waals surface area contributed by atoms with Crippen molar-refractivity contribution in [3.8, 4) is 0 Å². The smallest absolute Gasteiger partial charge is 0.328 e. The van der Waals surface area contributed by atoms with Crippen molar-refractivity contribution in [2.75, 3.05) is 33.1 Å². The number of nitrogens with one attached hydrogen (secondary N) is 1. The summed E-state index contributed by atoms with van der Waals surface area (Å²) in [6.07, 6.45) is 0.857. The fourth-order valence-corrected chi connectivity index (χ4v) is 1.56. The van der Waals surface area contributed by atoms with E-state index in [0.717, 1.165) is 13.4 Å². The molecule has 0 amide bonds. The van der Waals surface area contributed by atoms with Crippen molar-refractivity contribution in [2.24, 2.45) is 0 Å². The van der Waals surface area contributed by atoms with Gasteiger partial charge >= 0.3 is 11.9 Å². The zero-order chi connectivity index (χ0) is 15.1. The lowest BCUT2D eigenvalue weighted by molar-refractivity contribution is -0.150. The highest BCUT2D eigenvalue weighted by atomic mass is 32.2. The predicted molar refractivity (Wildman–Crippen MR) is 65.9 cm³/mol. The van der Waals surface area contributed by atoms with Gasteiger partial charge in [0.05, 0.1) is 33.1 Å². The lowest BCUT2D eigenvalue weighted by Crippen LogP contribution is -2.55. The minimum atomic E-state index is -3.71. The predicted octanol–water partition coefficient (Wildman–Crippen LogP) is -0.953. The van der Waals surface area contributed by atoms with E-state index in [0.29, 0.717) is 0 Å². The number of rotatable bonds is 8. The Hall–Kier alpha value is -1.19. The van der Waals surface area contributed by atoms with Crippen LogP contribution in [0.1, 0.15) is 13.8 Å². The molecule has 112 valence electrons. The summed E-state index contributed by atoms with van der Waals surface area (Å²) in [6, 6.07) is 0. The average molecular weight is 297 g/mol. The van der Waals surface area contributed by atoms with Crippen LogP contribution in [0.15, 0.2) is 0 Å². The molecule has 0 bridgehead atoms. The van der Waals surface area contributed by atoms with Crippen molar-refractivity contribution in [1.82, 2.24) is 5.32 Å². The van der Waals surface area contributed by atoms with Crippen LogP contribution in [0.5, 0.6) is 0 Å². The van der Waals surface area contributed by atoms with Crippen LogP contribution in [0.3, 0.4) is 0 Å². The van der Waals surface area contributed by atoms with Crippen molar-refractivity contribution in [3.63, 3.8) is 0 Å². The summed E-state index contributed by atoms with van der Waals surface area (Å²) >= 11 is 0. The highest BCUT2D eigenvalue weighted by Crippen LogP contribution is 2.09. The third-order valence-electron chi connectivity index (χ3n) is 2.13. The van der Waals surface area contributed by atoms with Crippen molar-refractivity contribution >= 4 is 22.1 Å². The van der Waals surface area contributed by atoms with E-state index in [2.05, 4.69) is 19.0 Å². The second-order valence-electron chi connectivity index (χ2n) is 3.95. The molecule has 0 heterocycles. The van der Waals surface area contributed by atoms with E-state index in [-0.39, 0.29) is 13.2 Å². The fourth-order valence-electron chi connectivity index (χ4n) is 1.11. The summed E-state index contributed by atoms with van der Waals surface area (Å²) in [6.45, 7) is 2.45. The van der Waals surface area contributed by atoms with Crippen molar-refractivity contribution < 1.29 is 31.7 Å². The molecule has 9 heteroatoms. The van der Waals surface area contributed by atoms with Crippen LogP contribution in [0.4, 0.5) is 0 Å². The highest BCUT2D eigenvalue weighted by molar-refractivity contribution is 7.85. The van der Waals surface area contributed by atoms with E-state index in [9.17, 15) is 18.0 Å². The van der Waals surface area contributed by atoms with E-state index < -0.39 is 34.2 Å². The number of carbonyl (C=O) groups is 2. The van der Waals surface area contributed by atoms with E-state index in [1.165, 1.54) is 6.92 Å². The first-order valence-corrected chi connectivity index (χ1v) is 7.29. The number of methoxy groups -OCH3 is 1. The van der Waals surface area contributed by atoms with Gasteiger partial charge in [0.15, 0.2) is 0 Å². The monoisotopic (exact) mass is 297 g/mol. The number of carbonyl (C=O) groups excluding carboxylic acids is 2. The number of ether oxygens (including phenoxy) is 2. The van der Waals surface area contributed by atoms with Gasteiger partial charge in [0.1, 0.15) is 5.54 Å². The SMILES string of the molecule is CCOC(=O)CNC(C)(COS(C)(=O)=O)C(=O)OC. The van der Waals surface area contributed by atoms with Gasteiger partial charge in [0, 0.05) is 0 Å². The van der Waals surface area contributed by atoms with Crippen molar-refractivity contribution in [3.05, 3.63) is 0 Å². The fraction of sp³-hybridized carbons (Fsp3) is 0.800. The molecule has 0 rings (SSSR count). The van der Waals surface area contributed by atoms with Gasteiger partial charge in [-0.15, -0.1) is 0 Å². The quantitative estimate of drug-likeness (QED) is 0.451. The number of hydrogen-bond donors (Lipinski definition) is 1. The van der Waals surface area contributed by atoms with Gasteiger partial charge < -0.3 is 9.47 Å². The first-order valence-electron chi connectivity index (χ1n) is 5.48. The minimum absolute atomic E-state index is 0.204. The van der Waals surface area contributed by atoms with Crippen LogP contribution >= 0.6 is 0 Å². The maximum atomic E-state index is 11.6. The lowest BCUT2D eigenvalue weighted by atomic mass is 10.0. The summed E-state index contributed by atoms with van der Waals surface area (Å²) in [5.41, 5.74) is -1.47. The summed E-state index contributed by atoms with van der Waals surface area (Å²) in [5, 5.41) is 2.57. The first-order chi connectivity index (χ1) is 8.64. The van der Waals surface area contributed by atoms with Gasteiger partial charge in [-0.05, 0) is 13.8 Å². The molecule has 0 aromatic carbocycles. The zero-order valence-corrected chi connectivity index (χ0v) is 12.2. The number of hydrogen-bond acceptors (Lipinski definition) is 8. The van der Waals surface area contributed by atoms with Crippen molar-refractivity contribution in [1.29, 1.82) is 0 Å². The molecule has 0 spiro atoms. The van der Waals surface area contributed by atoms with Crippen LogP contribution in [0, 0.1) is 0 Å². The average Bonchev–Trinajstić information content (AvgIpc) is 2.32. The Morgan fingerprint density at radius 2 is 1.89 bits per heavy atom. The van der Waals surface area contributed by atoms with Crippen LogP contribution in [-0.2, 0) is 33.4 Å². The molecule has 1 atom stereocenters. The van der Waals surface area contributed by atoms with Gasteiger partial charge in [0.2, 0.25) is 0 Å². The van der Waals surface area contributed by atoms with Gasteiger partial charge in [-0.3, -0.25) is 14.3 Å². The van der Waals surface area contributed by atoms with Crippen molar-refractivity contribution in [2.45, 2.75) is 19.4 Å². The summed E-state index contributed by atoms with van der Waals surface area (Å²) in [7, 11) is -2.57. The third-order valence-corrected chi connectivity index (χ3v) is 2.67. The Labute approximate surface area is 112 Å². The summed E-state index contributed by atoms with van der Waals surface area (Å²) < 4.78 is 35.7. The summed E-state index contributed by atoms with van der Waals surface area (Å²) in [5.74, 6) is -1.32. The third kappa shape index (κ3) is 7.09. The molecule has 0 radical (unpaired) electrons. The molecule has 0 saturated heterocycles. The molecule has 8 nitrogen and oxygen atoms in total. The Morgan fingerprint density at radius 3 is 2.32 bits per heavy atom. The van der Waals surface area contributed by atoms with Crippen LogP contribution < -0.4 is 5.32 Å². The summed E-state index contributed by atoms with van der Waals surface area (Å²) in [4.78, 5) is 22.8. The van der Waals surface area contributed by atoms with Crippen LogP contribution in [0.25, 0.3) is 0 Å². The van der Waals surface area contributed by atoms with Gasteiger partial charge in [-0.25, -0.2) is 4.79 Å². The zero-order valence-electron chi connectivity index (χ0n) is 11.4. The molecule has 0 aliphatic rings. The van der Waals surface area contributed by atoms with E-state index in [1.807, 2.05) is 0 Å². The Bertz CT molecular complexity index is 420. The topological polar surface area (TPSA) is 108 Å². The van der Waals surface area contributed by atoms with Crippen LogP contribution in [-0.4, -0.2) is 59.0 Å². The molecule has 19 heavy (non-hydrogen) atoms.